The first kappa shape index (κ1) is 14.8. The lowest BCUT2D eigenvalue weighted by Crippen LogP contribution is -2.26. The number of hydrogen-bond acceptors (Lipinski definition) is 2. The molecule has 2 atom stereocenters. The molecule has 0 amide bonds. The fourth-order valence-corrected chi connectivity index (χ4v) is 2.61. The predicted octanol–water partition coefficient (Wildman–Crippen LogP) is 3.88. The average Bonchev–Trinajstić information content (AvgIpc) is 2.29. The SMILES string of the molecule is CCC(C)SCC(N)Cc1ccc(F)cc1Cl. The van der Waals surface area contributed by atoms with Crippen molar-refractivity contribution in [1.29, 1.82) is 0 Å². The summed E-state index contributed by atoms with van der Waals surface area (Å²) in [6.07, 6.45) is 1.84. The fraction of sp³-hybridized carbons (Fsp3) is 0.538. The third-order valence-electron chi connectivity index (χ3n) is 2.67. The molecule has 96 valence electrons. The Morgan fingerprint density at radius 1 is 1.47 bits per heavy atom. The summed E-state index contributed by atoms with van der Waals surface area (Å²) in [7, 11) is 0. The summed E-state index contributed by atoms with van der Waals surface area (Å²) in [5.41, 5.74) is 6.96. The first-order chi connectivity index (χ1) is 8.02. The van der Waals surface area contributed by atoms with Gasteiger partial charge in [-0.15, -0.1) is 0 Å². The van der Waals surface area contributed by atoms with Gasteiger partial charge in [0.15, 0.2) is 0 Å². The summed E-state index contributed by atoms with van der Waals surface area (Å²) >= 11 is 7.83. The molecular formula is C13H19ClFNS. The van der Waals surface area contributed by atoms with Gasteiger partial charge in [0, 0.05) is 22.1 Å². The van der Waals surface area contributed by atoms with Crippen LogP contribution < -0.4 is 5.73 Å². The fourth-order valence-electron chi connectivity index (χ4n) is 1.43. The molecule has 0 spiro atoms. The molecule has 0 aliphatic rings. The van der Waals surface area contributed by atoms with Gasteiger partial charge in [-0.1, -0.05) is 31.5 Å². The number of nitrogens with two attached hydrogens (primary N) is 1. The van der Waals surface area contributed by atoms with Crippen molar-refractivity contribution in [1.82, 2.24) is 0 Å². The average molecular weight is 276 g/mol. The molecule has 0 saturated heterocycles. The monoisotopic (exact) mass is 275 g/mol. The van der Waals surface area contributed by atoms with Gasteiger partial charge in [-0.2, -0.15) is 11.8 Å². The zero-order valence-electron chi connectivity index (χ0n) is 10.2. The molecule has 0 aliphatic heterocycles. The lowest BCUT2D eigenvalue weighted by molar-refractivity contribution is 0.626. The van der Waals surface area contributed by atoms with Gasteiger partial charge in [-0.05, 0) is 30.5 Å². The van der Waals surface area contributed by atoms with E-state index in [0.29, 0.717) is 16.7 Å². The van der Waals surface area contributed by atoms with E-state index in [1.807, 2.05) is 11.8 Å². The number of thioether (sulfide) groups is 1. The van der Waals surface area contributed by atoms with E-state index in [1.165, 1.54) is 12.1 Å². The molecule has 1 rings (SSSR count). The highest BCUT2D eigenvalue weighted by Gasteiger charge is 2.10. The minimum absolute atomic E-state index is 0.0666. The van der Waals surface area contributed by atoms with Crippen molar-refractivity contribution >= 4 is 23.4 Å². The Bertz CT molecular complexity index is 359. The van der Waals surface area contributed by atoms with Gasteiger partial charge >= 0.3 is 0 Å². The van der Waals surface area contributed by atoms with Crippen molar-refractivity contribution in [3.05, 3.63) is 34.6 Å². The predicted molar refractivity (Wildman–Crippen MR) is 75.3 cm³/mol. The quantitative estimate of drug-likeness (QED) is 0.853. The minimum Gasteiger partial charge on any atom is -0.327 e. The van der Waals surface area contributed by atoms with E-state index in [-0.39, 0.29) is 11.9 Å². The molecule has 0 heterocycles. The number of benzene rings is 1. The summed E-state index contributed by atoms with van der Waals surface area (Å²) in [6.45, 7) is 4.36. The molecule has 2 unspecified atom stereocenters. The highest BCUT2D eigenvalue weighted by Crippen LogP contribution is 2.20. The van der Waals surface area contributed by atoms with Gasteiger partial charge < -0.3 is 5.73 Å². The first-order valence-corrected chi connectivity index (χ1v) is 7.26. The van der Waals surface area contributed by atoms with E-state index < -0.39 is 0 Å². The van der Waals surface area contributed by atoms with Crippen LogP contribution in [0.25, 0.3) is 0 Å². The highest BCUT2D eigenvalue weighted by atomic mass is 35.5. The normalized spacial score (nSPS) is 14.6. The van der Waals surface area contributed by atoms with Gasteiger partial charge in [-0.3, -0.25) is 0 Å². The van der Waals surface area contributed by atoms with E-state index in [0.717, 1.165) is 17.7 Å². The molecule has 2 N–H and O–H groups in total. The second kappa shape index (κ2) is 7.24. The molecule has 4 heteroatoms. The Hall–Kier alpha value is -0.250. The van der Waals surface area contributed by atoms with Gasteiger partial charge in [0.2, 0.25) is 0 Å². The van der Waals surface area contributed by atoms with Crippen LogP contribution in [0.3, 0.4) is 0 Å². The van der Waals surface area contributed by atoms with E-state index in [2.05, 4.69) is 13.8 Å². The van der Waals surface area contributed by atoms with Crippen LogP contribution >= 0.6 is 23.4 Å². The molecule has 1 nitrogen and oxygen atoms in total. The highest BCUT2D eigenvalue weighted by molar-refractivity contribution is 7.99. The van der Waals surface area contributed by atoms with E-state index in [4.69, 9.17) is 17.3 Å². The van der Waals surface area contributed by atoms with Crippen molar-refractivity contribution in [2.75, 3.05) is 5.75 Å². The molecule has 0 saturated carbocycles. The Morgan fingerprint density at radius 3 is 2.76 bits per heavy atom. The third-order valence-corrected chi connectivity index (χ3v) is 4.54. The summed E-state index contributed by atoms with van der Waals surface area (Å²) in [6, 6.07) is 4.55. The number of halogens is 2. The number of rotatable bonds is 6. The van der Waals surface area contributed by atoms with Crippen molar-refractivity contribution in [3.63, 3.8) is 0 Å². The van der Waals surface area contributed by atoms with E-state index >= 15 is 0 Å². The van der Waals surface area contributed by atoms with Crippen LogP contribution in [-0.4, -0.2) is 17.0 Å². The maximum atomic E-state index is 12.9. The summed E-state index contributed by atoms with van der Waals surface area (Å²) in [4.78, 5) is 0. The third kappa shape index (κ3) is 5.28. The van der Waals surface area contributed by atoms with Gasteiger partial charge in [0.05, 0.1) is 0 Å². The maximum Gasteiger partial charge on any atom is 0.124 e. The Morgan fingerprint density at radius 2 is 2.18 bits per heavy atom. The minimum atomic E-state index is -0.304. The molecule has 1 aromatic carbocycles. The molecule has 0 fully saturated rings. The zero-order valence-corrected chi connectivity index (χ0v) is 11.8. The molecule has 0 radical (unpaired) electrons. The van der Waals surface area contributed by atoms with Crippen molar-refractivity contribution < 1.29 is 4.39 Å². The largest absolute Gasteiger partial charge is 0.327 e. The molecular weight excluding hydrogens is 257 g/mol. The van der Waals surface area contributed by atoms with Crippen molar-refractivity contribution in [2.45, 2.75) is 38.0 Å². The van der Waals surface area contributed by atoms with Crippen LogP contribution in [0.15, 0.2) is 18.2 Å². The van der Waals surface area contributed by atoms with Crippen LogP contribution in [0.1, 0.15) is 25.8 Å². The topological polar surface area (TPSA) is 26.0 Å². The Labute approximate surface area is 112 Å². The van der Waals surface area contributed by atoms with Crippen LogP contribution in [0.2, 0.25) is 5.02 Å². The second-order valence-electron chi connectivity index (χ2n) is 4.25. The number of hydrogen-bond donors (Lipinski definition) is 1. The van der Waals surface area contributed by atoms with Gasteiger partial charge in [0.1, 0.15) is 5.82 Å². The standard InChI is InChI=1S/C13H19ClFNS/c1-3-9(2)17-8-12(16)6-10-4-5-11(15)7-13(10)14/h4-5,7,9,12H,3,6,8,16H2,1-2H3. The van der Waals surface area contributed by atoms with Crippen LogP contribution in [0.4, 0.5) is 4.39 Å². The first-order valence-electron chi connectivity index (χ1n) is 5.84. The molecule has 1 aromatic rings. The van der Waals surface area contributed by atoms with Crippen LogP contribution in [-0.2, 0) is 6.42 Å². The molecule has 0 aromatic heterocycles. The molecule has 0 bridgehead atoms. The van der Waals surface area contributed by atoms with E-state index in [1.54, 1.807) is 6.07 Å². The summed E-state index contributed by atoms with van der Waals surface area (Å²) in [5.74, 6) is 0.601. The second-order valence-corrected chi connectivity index (χ2v) is 6.13. The smallest absolute Gasteiger partial charge is 0.124 e. The van der Waals surface area contributed by atoms with Crippen LogP contribution in [0.5, 0.6) is 0 Å². The lowest BCUT2D eigenvalue weighted by Gasteiger charge is -2.15. The summed E-state index contributed by atoms with van der Waals surface area (Å²) < 4.78 is 12.9. The van der Waals surface area contributed by atoms with Gasteiger partial charge in [-0.25, -0.2) is 4.39 Å². The van der Waals surface area contributed by atoms with E-state index in [9.17, 15) is 4.39 Å². The Balaban J connectivity index is 2.47. The summed E-state index contributed by atoms with van der Waals surface area (Å²) in [5, 5.41) is 1.10. The van der Waals surface area contributed by atoms with Crippen molar-refractivity contribution in [2.24, 2.45) is 5.73 Å². The zero-order chi connectivity index (χ0) is 12.8. The Kier molecular flexibility index (Phi) is 6.31. The van der Waals surface area contributed by atoms with Crippen molar-refractivity contribution in [3.8, 4) is 0 Å². The maximum absolute atomic E-state index is 12.9. The molecule has 17 heavy (non-hydrogen) atoms. The lowest BCUT2D eigenvalue weighted by atomic mass is 10.1. The van der Waals surface area contributed by atoms with Crippen LogP contribution in [0, 0.1) is 5.82 Å². The molecule has 0 aliphatic carbocycles. The van der Waals surface area contributed by atoms with Gasteiger partial charge in [0.25, 0.3) is 0 Å².